The molecule has 5 nitrogen and oxygen atoms in total. The second-order valence-corrected chi connectivity index (χ2v) is 5.94. The topological polar surface area (TPSA) is 78.4 Å². The van der Waals surface area contributed by atoms with Crippen molar-refractivity contribution < 1.29 is 14.7 Å². The van der Waals surface area contributed by atoms with Crippen LogP contribution in [0.15, 0.2) is 24.3 Å². The van der Waals surface area contributed by atoms with Crippen LogP contribution in [-0.2, 0) is 16.0 Å². The number of rotatable bonds is 7. The first-order chi connectivity index (χ1) is 10.7. The van der Waals surface area contributed by atoms with E-state index in [-0.39, 0.29) is 29.4 Å². The Balaban J connectivity index is 0.000000468. The Morgan fingerprint density at radius 3 is 1.78 bits per heavy atom. The molecular formula is C18H30N2O3. The van der Waals surface area contributed by atoms with Crippen LogP contribution in [0.4, 0.5) is 0 Å². The van der Waals surface area contributed by atoms with Gasteiger partial charge in [-0.3, -0.25) is 9.59 Å². The van der Waals surface area contributed by atoms with Crippen molar-refractivity contribution in [1.29, 1.82) is 0 Å². The number of hydrogen-bond acceptors (Lipinski definition) is 5. The third-order valence-electron chi connectivity index (χ3n) is 3.63. The first-order valence-corrected chi connectivity index (χ1v) is 7.86. The average Bonchev–Trinajstić information content (AvgIpc) is 2.46. The standard InChI is InChI=1S/C11H15NO2.C7H15NO/c1-8(13)11(12-2)7-9-3-5-10(14)6-4-9;1-5(2)7(8-4)6(3)9/h3-6,11-12,14H,7H2,1-2H3;5,7-8H,1-4H3/t11-;7-/m00/s1. The van der Waals surface area contributed by atoms with Crippen LogP contribution in [0.3, 0.4) is 0 Å². The van der Waals surface area contributed by atoms with Crippen molar-refractivity contribution in [3.05, 3.63) is 29.8 Å². The predicted molar refractivity (Wildman–Crippen MR) is 93.7 cm³/mol. The van der Waals surface area contributed by atoms with E-state index in [9.17, 15) is 9.59 Å². The molecule has 0 bridgehead atoms. The lowest BCUT2D eigenvalue weighted by Gasteiger charge is -2.15. The van der Waals surface area contributed by atoms with E-state index >= 15 is 0 Å². The molecule has 0 aliphatic rings. The number of carbonyl (C=O) groups excluding carboxylic acids is 2. The lowest BCUT2D eigenvalue weighted by molar-refractivity contribution is -0.120. The number of nitrogens with one attached hydrogen (secondary N) is 2. The minimum atomic E-state index is -0.139. The van der Waals surface area contributed by atoms with Crippen molar-refractivity contribution >= 4 is 11.6 Å². The highest BCUT2D eigenvalue weighted by Crippen LogP contribution is 2.11. The second-order valence-electron chi connectivity index (χ2n) is 5.94. The molecule has 3 N–H and O–H groups in total. The zero-order valence-corrected chi connectivity index (χ0v) is 15.0. The molecule has 0 spiro atoms. The molecule has 1 aromatic rings. The van der Waals surface area contributed by atoms with Crippen molar-refractivity contribution in [2.24, 2.45) is 5.92 Å². The number of phenolic OH excluding ortho intramolecular Hbond substituents is 1. The Kier molecular flexibility index (Phi) is 10.1. The van der Waals surface area contributed by atoms with E-state index in [2.05, 4.69) is 10.6 Å². The molecule has 0 aliphatic carbocycles. The van der Waals surface area contributed by atoms with Crippen LogP contribution in [0.25, 0.3) is 0 Å². The first kappa shape index (κ1) is 21.3. The summed E-state index contributed by atoms with van der Waals surface area (Å²) in [5, 5.41) is 15.0. The number of aromatic hydroxyl groups is 1. The summed E-state index contributed by atoms with van der Waals surface area (Å²) in [4.78, 5) is 21.9. The van der Waals surface area contributed by atoms with Crippen LogP contribution in [0.2, 0.25) is 0 Å². The fourth-order valence-electron chi connectivity index (χ4n) is 2.32. The molecule has 0 amide bonds. The Labute approximate surface area is 139 Å². The maximum Gasteiger partial charge on any atom is 0.147 e. The van der Waals surface area contributed by atoms with E-state index in [4.69, 9.17) is 5.11 Å². The van der Waals surface area contributed by atoms with E-state index in [1.54, 1.807) is 33.0 Å². The van der Waals surface area contributed by atoms with E-state index in [0.29, 0.717) is 12.3 Å². The molecule has 1 rings (SSSR count). The van der Waals surface area contributed by atoms with Crippen LogP contribution >= 0.6 is 0 Å². The van der Waals surface area contributed by atoms with Gasteiger partial charge in [-0.1, -0.05) is 26.0 Å². The van der Waals surface area contributed by atoms with Crippen LogP contribution in [0.1, 0.15) is 33.3 Å². The van der Waals surface area contributed by atoms with Crippen molar-refractivity contribution in [3.63, 3.8) is 0 Å². The number of ketones is 2. The van der Waals surface area contributed by atoms with Crippen LogP contribution in [0.5, 0.6) is 5.75 Å². The van der Waals surface area contributed by atoms with Gasteiger partial charge in [-0.05, 0) is 58.0 Å². The Morgan fingerprint density at radius 1 is 1.00 bits per heavy atom. The van der Waals surface area contributed by atoms with Gasteiger partial charge < -0.3 is 15.7 Å². The van der Waals surface area contributed by atoms with E-state index in [0.717, 1.165) is 5.56 Å². The normalized spacial score (nSPS) is 13.0. The molecule has 0 aliphatic heterocycles. The third-order valence-corrected chi connectivity index (χ3v) is 3.63. The summed E-state index contributed by atoms with van der Waals surface area (Å²) in [5.74, 6) is 0.984. The van der Waals surface area contributed by atoms with E-state index < -0.39 is 0 Å². The zero-order valence-electron chi connectivity index (χ0n) is 15.0. The van der Waals surface area contributed by atoms with E-state index in [1.807, 2.05) is 33.0 Å². The summed E-state index contributed by atoms with van der Waals surface area (Å²) in [5.41, 5.74) is 1.04. The molecule has 0 fully saturated rings. The number of Topliss-reactive ketones (excluding diaryl/α,β-unsaturated/α-hetero) is 2. The maximum absolute atomic E-state index is 11.1. The fraction of sp³-hybridized carbons (Fsp3) is 0.556. The summed E-state index contributed by atoms with van der Waals surface area (Å²) in [7, 11) is 3.58. The molecule has 0 saturated carbocycles. The average molecular weight is 322 g/mol. The van der Waals surface area contributed by atoms with Gasteiger partial charge in [0.05, 0.1) is 12.1 Å². The highest BCUT2D eigenvalue weighted by atomic mass is 16.3. The zero-order chi connectivity index (χ0) is 18.0. The van der Waals surface area contributed by atoms with Crippen molar-refractivity contribution in [1.82, 2.24) is 10.6 Å². The second kappa shape index (κ2) is 10.9. The Hall–Kier alpha value is -1.72. The molecule has 1 aromatic carbocycles. The van der Waals surface area contributed by atoms with E-state index in [1.165, 1.54) is 0 Å². The van der Waals surface area contributed by atoms with Gasteiger partial charge >= 0.3 is 0 Å². The van der Waals surface area contributed by atoms with Gasteiger partial charge in [-0.15, -0.1) is 0 Å². The van der Waals surface area contributed by atoms with Gasteiger partial charge in [0, 0.05) is 0 Å². The highest BCUT2D eigenvalue weighted by Gasteiger charge is 2.14. The summed E-state index contributed by atoms with van der Waals surface area (Å²) < 4.78 is 0. The number of phenols is 1. The minimum absolute atomic E-state index is 0.0324. The van der Waals surface area contributed by atoms with Gasteiger partial charge in [-0.2, -0.15) is 0 Å². The molecule has 0 unspecified atom stereocenters. The molecule has 23 heavy (non-hydrogen) atoms. The van der Waals surface area contributed by atoms with Gasteiger partial charge in [0.25, 0.3) is 0 Å². The predicted octanol–water partition coefficient (Wildman–Crippen LogP) is 1.93. The van der Waals surface area contributed by atoms with Crippen molar-refractivity contribution in [2.75, 3.05) is 14.1 Å². The highest BCUT2D eigenvalue weighted by molar-refractivity contribution is 5.82. The first-order valence-electron chi connectivity index (χ1n) is 7.86. The van der Waals surface area contributed by atoms with Crippen molar-refractivity contribution in [2.45, 2.75) is 46.2 Å². The molecule has 130 valence electrons. The fourth-order valence-corrected chi connectivity index (χ4v) is 2.32. The number of carbonyl (C=O) groups is 2. The lowest BCUT2D eigenvalue weighted by atomic mass is 10.0. The van der Waals surface area contributed by atoms with Crippen LogP contribution < -0.4 is 10.6 Å². The Morgan fingerprint density at radius 2 is 1.52 bits per heavy atom. The molecular weight excluding hydrogens is 292 g/mol. The van der Waals surface area contributed by atoms with Gasteiger partial charge in [0.1, 0.15) is 17.3 Å². The quantitative estimate of drug-likeness (QED) is 0.715. The SMILES string of the molecule is CN[C@@H](Cc1ccc(O)cc1)C(C)=O.CN[C@H](C(C)=O)C(C)C. The summed E-state index contributed by atoms with van der Waals surface area (Å²) in [6.07, 6.45) is 0.659. The summed E-state index contributed by atoms with van der Waals surface area (Å²) in [6.45, 7) is 7.24. The lowest BCUT2D eigenvalue weighted by Crippen LogP contribution is -2.36. The molecule has 0 radical (unpaired) electrons. The summed E-state index contributed by atoms with van der Waals surface area (Å²) >= 11 is 0. The van der Waals surface area contributed by atoms with Gasteiger partial charge in [0.2, 0.25) is 0 Å². The summed E-state index contributed by atoms with van der Waals surface area (Å²) in [6, 6.07) is 6.79. The van der Waals surface area contributed by atoms with Crippen molar-refractivity contribution in [3.8, 4) is 5.75 Å². The smallest absolute Gasteiger partial charge is 0.147 e. The number of benzene rings is 1. The third kappa shape index (κ3) is 8.47. The monoisotopic (exact) mass is 322 g/mol. The molecule has 0 aromatic heterocycles. The number of hydrogen-bond donors (Lipinski definition) is 3. The molecule has 2 atom stereocenters. The van der Waals surface area contributed by atoms with Crippen LogP contribution in [-0.4, -0.2) is 42.9 Å². The molecule has 0 heterocycles. The number of likely N-dealkylation sites (N-methyl/N-ethyl adjacent to an activating group) is 2. The molecule has 0 saturated heterocycles. The van der Waals surface area contributed by atoms with Gasteiger partial charge in [-0.25, -0.2) is 0 Å². The minimum Gasteiger partial charge on any atom is -0.508 e. The largest absolute Gasteiger partial charge is 0.508 e. The van der Waals surface area contributed by atoms with Crippen LogP contribution in [0, 0.1) is 5.92 Å². The van der Waals surface area contributed by atoms with Gasteiger partial charge in [0.15, 0.2) is 0 Å². The maximum atomic E-state index is 11.1. The Bertz CT molecular complexity index is 484. The molecule has 5 heteroatoms.